The lowest BCUT2D eigenvalue weighted by atomic mass is 10.1. The monoisotopic (exact) mass is 360 g/mol. The number of aliphatic hydroxyl groups excluding tert-OH is 1. The van der Waals surface area contributed by atoms with Crippen molar-refractivity contribution >= 4 is 22.5 Å². The fraction of sp³-hybridized carbons (Fsp3) is 0.0500. The number of hydrogen-bond acceptors (Lipinski definition) is 7. The van der Waals surface area contributed by atoms with E-state index in [1.54, 1.807) is 54.6 Å². The van der Waals surface area contributed by atoms with Crippen molar-refractivity contribution in [2.45, 2.75) is 6.29 Å². The topological polar surface area (TPSA) is 98.1 Å². The molecule has 4 aromatic rings. The molecular formula is C20H12N2O5. The van der Waals surface area contributed by atoms with Crippen molar-refractivity contribution in [1.29, 1.82) is 0 Å². The highest BCUT2D eigenvalue weighted by Gasteiger charge is 2.25. The molecule has 2 aromatic carbocycles. The van der Waals surface area contributed by atoms with Crippen molar-refractivity contribution in [2.24, 2.45) is 4.99 Å². The zero-order valence-corrected chi connectivity index (χ0v) is 13.8. The molecule has 0 fully saturated rings. The van der Waals surface area contributed by atoms with Crippen molar-refractivity contribution in [3.8, 4) is 11.7 Å². The Morgan fingerprint density at radius 2 is 1.67 bits per heavy atom. The number of fused-ring (bicyclic) bond motifs is 2. The maximum Gasteiger partial charge on any atom is 0.347 e. The summed E-state index contributed by atoms with van der Waals surface area (Å²) in [5, 5.41) is 10.6. The van der Waals surface area contributed by atoms with Gasteiger partial charge in [-0.25, -0.2) is 14.8 Å². The summed E-state index contributed by atoms with van der Waals surface area (Å²) in [6.45, 7) is 0. The first-order chi connectivity index (χ1) is 13.2. The first-order valence-corrected chi connectivity index (χ1v) is 8.22. The van der Waals surface area contributed by atoms with Crippen LogP contribution in [0.5, 0.6) is 0 Å². The predicted molar refractivity (Wildman–Crippen MR) is 96.7 cm³/mol. The quantitative estimate of drug-likeness (QED) is 0.587. The number of nitrogens with zero attached hydrogens (tertiary/aromatic N) is 2. The highest BCUT2D eigenvalue weighted by atomic mass is 16.6. The Kier molecular flexibility index (Phi) is 3.41. The van der Waals surface area contributed by atoms with Gasteiger partial charge < -0.3 is 18.7 Å². The van der Waals surface area contributed by atoms with E-state index in [4.69, 9.17) is 13.6 Å². The molecule has 7 nitrogen and oxygen atoms in total. The summed E-state index contributed by atoms with van der Waals surface area (Å²) in [6, 6.07) is 17.2. The molecule has 27 heavy (non-hydrogen) atoms. The lowest BCUT2D eigenvalue weighted by Gasteiger charge is -2.20. The molecule has 7 heteroatoms. The third-order valence-electron chi connectivity index (χ3n) is 4.21. The molecule has 0 spiro atoms. The molecule has 0 bridgehead atoms. The Morgan fingerprint density at radius 3 is 2.59 bits per heavy atom. The van der Waals surface area contributed by atoms with Crippen LogP contribution in [0.1, 0.15) is 17.6 Å². The molecule has 1 aliphatic heterocycles. The van der Waals surface area contributed by atoms with Crippen LogP contribution in [-0.4, -0.2) is 16.0 Å². The van der Waals surface area contributed by atoms with Gasteiger partial charge >= 0.3 is 5.63 Å². The third kappa shape index (κ3) is 2.61. The number of rotatable bonds is 2. The number of hydrogen-bond donors (Lipinski definition) is 1. The number of aliphatic hydroxyl groups is 1. The SMILES string of the molecule is O=c1oc(-c2ccc(C3=Nc4ccccc4C(O)O3)o2)nc2ccccc12. The number of benzene rings is 2. The normalized spacial score (nSPS) is 15.9. The zero-order chi connectivity index (χ0) is 18.4. The molecule has 1 atom stereocenters. The van der Waals surface area contributed by atoms with Crippen LogP contribution >= 0.6 is 0 Å². The highest BCUT2D eigenvalue weighted by Crippen LogP contribution is 2.33. The van der Waals surface area contributed by atoms with Crippen molar-refractivity contribution in [3.63, 3.8) is 0 Å². The van der Waals surface area contributed by atoms with E-state index < -0.39 is 11.9 Å². The van der Waals surface area contributed by atoms with Crippen LogP contribution < -0.4 is 5.63 Å². The Bertz CT molecular complexity index is 1250. The van der Waals surface area contributed by atoms with Crippen LogP contribution in [0.25, 0.3) is 22.6 Å². The molecule has 0 saturated heterocycles. The molecule has 1 N–H and O–H groups in total. The van der Waals surface area contributed by atoms with Crippen molar-refractivity contribution in [2.75, 3.05) is 0 Å². The summed E-state index contributed by atoms with van der Waals surface area (Å²) in [7, 11) is 0. The van der Waals surface area contributed by atoms with E-state index in [0.717, 1.165) is 0 Å². The first kappa shape index (κ1) is 15.5. The largest absolute Gasteiger partial charge is 0.446 e. The summed E-state index contributed by atoms with van der Waals surface area (Å²) in [5.41, 5.74) is 1.19. The molecule has 5 rings (SSSR count). The fourth-order valence-electron chi connectivity index (χ4n) is 2.91. The molecule has 132 valence electrons. The average Bonchev–Trinajstić information content (AvgIpc) is 3.18. The van der Waals surface area contributed by atoms with Gasteiger partial charge in [-0.05, 0) is 30.3 Å². The van der Waals surface area contributed by atoms with Gasteiger partial charge in [-0.15, -0.1) is 0 Å². The first-order valence-electron chi connectivity index (χ1n) is 8.22. The van der Waals surface area contributed by atoms with E-state index in [2.05, 4.69) is 9.98 Å². The van der Waals surface area contributed by atoms with E-state index in [9.17, 15) is 9.90 Å². The Balaban J connectivity index is 1.56. The fourth-order valence-corrected chi connectivity index (χ4v) is 2.91. The van der Waals surface area contributed by atoms with Gasteiger partial charge in [0.2, 0.25) is 6.29 Å². The zero-order valence-electron chi connectivity index (χ0n) is 13.8. The summed E-state index contributed by atoms with van der Waals surface area (Å²) < 4.78 is 16.4. The minimum Gasteiger partial charge on any atom is -0.446 e. The average molecular weight is 360 g/mol. The standard InChI is InChI=1S/C20H12N2O5/c23-19-11-5-1-3-7-13(11)21-17(26-19)15-9-10-16(25-15)18-22-14-8-4-2-6-12(14)20(24)27-18/h1-10,19,23H. The second-order valence-electron chi connectivity index (χ2n) is 5.93. The van der Waals surface area contributed by atoms with Crippen LogP contribution in [0.2, 0.25) is 0 Å². The Hall–Kier alpha value is -3.71. The van der Waals surface area contributed by atoms with Crippen LogP contribution in [-0.2, 0) is 4.74 Å². The molecule has 0 amide bonds. The number of aromatic nitrogens is 1. The molecule has 0 saturated carbocycles. The van der Waals surface area contributed by atoms with Gasteiger partial charge in [0.05, 0.1) is 16.6 Å². The molecule has 1 aliphatic rings. The van der Waals surface area contributed by atoms with Crippen LogP contribution in [0.4, 0.5) is 5.69 Å². The molecular weight excluding hydrogens is 348 g/mol. The minimum atomic E-state index is -1.14. The van der Waals surface area contributed by atoms with Crippen LogP contribution in [0, 0.1) is 0 Å². The highest BCUT2D eigenvalue weighted by molar-refractivity contribution is 5.95. The van der Waals surface area contributed by atoms with Gasteiger partial charge in [0.1, 0.15) is 0 Å². The summed E-state index contributed by atoms with van der Waals surface area (Å²) in [6.07, 6.45) is -1.14. The van der Waals surface area contributed by atoms with E-state index in [0.29, 0.717) is 22.2 Å². The van der Waals surface area contributed by atoms with Crippen LogP contribution in [0.15, 0.2) is 79.3 Å². The Morgan fingerprint density at radius 1 is 0.889 bits per heavy atom. The van der Waals surface area contributed by atoms with E-state index >= 15 is 0 Å². The third-order valence-corrected chi connectivity index (χ3v) is 4.21. The van der Waals surface area contributed by atoms with Gasteiger partial charge in [-0.3, -0.25) is 0 Å². The number of aliphatic imine (C=N–C) groups is 1. The van der Waals surface area contributed by atoms with Gasteiger partial charge in [0.15, 0.2) is 11.5 Å². The van der Waals surface area contributed by atoms with Gasteiger partial charge in [-0.1, -0.05) is 30.3 Å². The molecule has 0 aliphatic carbocycles. The maximum absolute atomic E-state index is 12.1. The second-order valence-corrected chi connectivity index (χ2v) is 5.93. The lowest BCUT2D eigenvalue weighted by molar-refractivity contribution is -0.0326. The van der Waals surface area contributed by atoms with Crippen molar-refractivity contribution < 1.29 is 18.7 Å². The van der Waals surface area contributed by atoms with Crippen LogP contribution in [0.3, 0.4) is 0 Å². The minimum absolute atomic E-state index is 0.0577. The van der Waals surface area contributed by atoms with Crippen molar-refractivity contribution in [1.82, 2.24) is 4.98 Å². The van der Waals surface area contributed by atoms with Gasteiger partial charge in [-0.2, -0.15) is 0 Å². The predicted octanol–water partition coefficient (Wildman–Crippen LogP) is 3.55. The number of para-hydroxylation sites is 2. The lowest BCUT2D eigenvalue weighted by Crippen LogP contribution is -2.15. The summed E-state index contributed by atoms with van der Waals surface area (Å²) >= 11 is 0. The van der Waals surface area contributed by atoms with Crippen molar-refractivity contribution in [3.05, 3.63) is 82.4 Å². The Labute approximate surface area is 152 Å². The molecule has 0 radical (unpaired) electrons. The van der Waals surface area contributed by atoms with E-state index in [1.807, 2.05) is 6.07 Å². The van der Waals surface area contributed by atoms with E-state index in [-0.39, 0.29) is 23.3 Å². The molecule has 2 aromatic heterocycles. The van der Waals surface area contributed by atoms with Gasteiger partial charge in [0.25, 0.3) is 11.8 Å². The summed E-state index contributed by atoms with van der Waals surface area (Å²) in [5.74, 6) is 0.738. The smallest absolute Gasteiger partial charge is 0.347 e. The molecule has 3 heterocycles. The molecule has 1 unspecified atom stereocenters. The van der Waals surface area contributed by atoms with E-state index in [1.165, 1.54) is 0 Å². The number of furan rings is 1. The second kappa shape index (κ2) is 5.93. The summed E-state index contributed by atoms with van der Waals surface area (Å²) in [4.78, 5) is 20.8. The maximum atomic E-state index is 12.1. The number of ether oxygens (including phenoxy) is 1. The van der Waals surface area contributed by atoms with Gasteiger partial charge in [0, 0.05) is 5.56 Å².